The van der Waals surface area contributed by atoms with Gasteiger partial charge in [0.15, 0.2) is 0 Å². The largest absolute Gasteiger partial charge is 0.456 e. The number of unbranched alkanes of at least 4 members (excludes halogenated alkanes) is 13. The fourth-order valence-electron chi connectivity index (χ4n) is 6.40. The van der Waals surface area contributed by atoms with Gasteiger partial charge in [-0.05, 0) is 51.8 Å². The van der Waals surface area contributed by atoms with E-state index in [2.05, 4.69) is 11.6 Å². The second kappa shape index (κ2) is 18.2. The van der Waals surface area contributed by atoms with Crippen molar-refractivity contribution in [2.24, 2.45) is 5.73 Å². The Morgan fingerprint density at radius 3 is 2.04 bits per heavy atom. The Morgan fingerprint density at radius 2 is 1.50 bits per heavy atom. The highest BCUT2D eigenvalue weighted by molar-refractivity contribution is 7.89. The summed E-state index contributed by atoms with van der Waals surface area (Å²) in [5.41, 5.74) is 5.89. The molecular weight excluding hydrogens is 604 g/mol. The minimum absolute atomic E-state index is 0.0233. The van der Waals surface area contributed by atoms with Crippen LogP contribution in [-0.2, 0) is 19.6 Å². The van der Waals surface area contributed by atoms with E-state index in [0.717, 1.165) is 19.3 Å². The minimum Gasteiger partial charge on any atom is -0.456 e. The summed E-state index contributed by atoms with van der Waals surface area (Å²) in [5.74, 6) is -1.28. The molecule has 260 valence electrons. The van der Waals surface area contributed by atoms with Crippen LogP contribution in [0.2, 0.25) is 0 Å². The summed E-state index contributed by atoms with van der Waals surface area (Å²) in [7, 11) is -3.58. The minimum atomic E-state index is -3.58. The molecule has 11 heteroatoms. The molecule has 1 saturated heterocycles. The molecule has 3 N–H and O–H groups in total. The van der Waals surface area contributed by atoms with E-state index in [0.29, 0.717) is 12.1 Å². The Balaban J connectivity index is 1.49. The van der Waals surface area contributed by atoms with Crippen molar-refractivity contribution in [2.45, 2.75) is 142 Å². The molecular formula is C35H58N4O6S. The molecule has 3 rings (SSSR count). The number of benzene rings is 1. The van der Waals surface area contributed by atoms with Crippen LogP contribution in [0.4, 0.5) is 5.69 Å². The van der Waals surface area contributed by atoms with Crippen LogP contribution in [-0.4, -0.2) is 74.2 Å². The van der Waals surface area contributed by atoms with Crippen LogP contribution in [0.1, 0.15) is 145 Å². The van der Waals surface area contributed by atoms with Crippen LogP contribution in [0.25, 0.3) is 0 Å². The van der Waals surface area contributed by atoms with Gasteiger partial charge < -0.3 is 20.3 Å². The summed E-state index contributed by atoms with van der Waals surface area (Å²) in [6.45, 7) is 7.96. The van der Waals surface area contributed by atoms with Crippen molar-refractivity contribution in [3.8, 4) is 0 Å². The standard InChI is InChI=1S/C35H58N4O6S/c1-5-6-7-8-9-10-11-12-13-14-15-16-17-18-23-46(43,44)37-28-25-31-33(41)38(22-21-36)30-20-19-27(34(42)45-35(2,3)4)24-29(30)32(40)39(31)26-28/h19-20,24,28,31,37H,5-18,21-23,25-26,36H2,1-4H3/t28-,31-/m0/s1. The van der Waals surface area contributed by atoms with Gasteiger partial charge in [-0.1, -0.05) is 90.4 Å². The van der Waals surface area contributed by atoms with E-state index < -0.39 is 39.6 Å². The number of rotatable bonds is 20. The molecule has 2 aliphatic heterocycles. The van der Waals surface area contributed by atoms with E-state index in [9.17, 15) is 22.8 Å². The number of carbonyl (C=O) groups is 3. The molecule has 0 unspecified atom stereocenters. The first kappa shape index (κ1) is 38.0. The second-order valence-electron chi connectivity index (χ2n) is 14.0. The van der Waals surface area contributed by atoms with Crippen molar-refractivity contribution in [2.75, 3.05) is 30.3 Å². The van der Waals surface area contributed by atoms with Crippen molar-refractivity contribution in [3.63, 3.8) is 0 Å². The number of fused-ring (bicyclic) bond motifs is 2. The number of nitrogens with zero attached hydrogens (tertiary/aromatic N) is 2. The molecule has 0 saturated carbocycles. The third-order valence-electron chi connectivity index (χ3n) is 8.73. The zero-order valence-corrected chi connectivity index (χ0v) is 29.5. The van der Waals surface area contributed by atoms with Gasteiger partial charge in [0.2, 0.25) is 15.9 Å². The third kappa shape index (κ3) is 11.6. The van der Waals surface area contributed by atoms with E-state index in [4.69, 9.17) is 10.5 Å². The Kier molecular flexibility index (Phi) is 15.0. The summed E-state index contributed by atoms with van der Waals surface area (Å²) < 4.78 is 34.2. The van der Waals surface area contributed by atoms with Gasteiger partial charge in [-0.25, -0.2) is 17.9 Å². The fourth-order valence-corrected chi connectivity index (χ4v) is 7.78. The van der Waals surface area contributed by atoms with Crippen molar-refractivity contribution >= 4 is 33.5 Å². The highest BCUT2D eigenvalue weighted by atomic mass is 32.2. The predicted octanol–water partition coefficient (Wildman–Crippen LogP) is 5.93. The summed E-state index contributed by atoms with van der Waals surface area (Å²) in [6.07, 6.45) is 16.9. The van der Waals surface area contributed by atoms with Crippen LogP contribution in [0, 0.1) is 0 Å². The molecule has 2 heterocycles. The quantitative estimate of drug-likeness (QED) is 0.130. The normalized spacial score (nSPS) is 18.5. The first-order valence-electron chi connectivity index (χ1n) is 17.6. The van der Waals surface area contributed by atoms with Gasteiger partial charge in [0, 0.05) is 25.7 Å². The molecule has 2 amide bonds. The molecule has 0 bridgehead atoms. The van der Waals surface area contributed by atoms with Crippen LogP contribution < -0.4 is 15.4 Å². The summed E-state index contributed by atoms with van der Waals surface area (Å²) in [4.78, 5) is 43.1. The van der Waals surface area contributed by atoms with E-state index >= 15 is 0 Å². The summed E-state index contributed by atoms with van der Waals surface area (Å²) >= 11 is 0. The molecule has 2 atom stereocenters. The molecule has 46 heavy (non-hydrogen) atoms. The summed E-state index contributed by atoms with van der Waals surface area (Å²) in [5, 5.41) is 0. The van der Waals surface area contributed by atoms with Gasteiger partial charge in [0.25, 0.3) is 5.91 Å². The average molecular weight is 663 g/mol. The number of amides is 2. The maximum Gasteiger partial charge on any atom is 0.338 e. The highest BCUT2D eigenvalue weighted by Crippen LogP contribution is 2.34. The highest BCUT2D eigenvalue weighted by Gasteiger charge is 2.46. The number of ether oxygens (including phenoxy) is 1. The zero-order valence-electron chi connectivity index (χ0n) is 28.7. The first-order valence-corrected chi connectivity index (χ1v) is 19.2. The second-order valence-corrected chi connectivity index (χ2v) is 15.8. The molecule has 1 aromatic carbocycles. The van der Waals surface area contributed by atoms with Crippen molar-refractivity contribution in [1.29, 1.82) is 0 Å². The van der Waals surface area contributed by atoms with E-state index in [1.54, 1.807) is 32.9 Å². The Hall–Kier alpha value is -2.50. The Morgan fingerprint density at radius 1 is 0.935 bits per heavy atom. The summed E-state index contributed by atoms with van der Waals surface area (Å²) in [6, 6.07) is 3.17. The van der Waals surface area contributed by atoms with Crippen LogP contribution >= 0.6 is 0 Å². The van der Waals surface area contributed by atoms with Gasteiger partial charge in [-0.3, -0.25) is 9.59 Å². The van der Waals surface area contributed by atoms with Gasteiger partial charge >= 0.3 is 5.97 Å². The molecule has 1 aromatic rings. The lowest BCUT2D eigenvalue weighted by Gasteiger charge is -2.25. The van der Waals surface area contributed by atoms with Gasteiger partial charge in [0.1, 0.15) is 11.6 Å². The molecule has 1 fully saturated rings. The lowest BCUT2D eigenvalue weighted by atomic mass is 10.0. The van der Waals surface area contributed by atoms with Gasteiger partial charge in [0.05, 0.1) is 22.6 Å². The topological polar surface area (TPSA) is 139 Å². The smallest absolute Gasteiger partial charge is 0.338 e. The van der Waals surface area contributed by atoms with E-state index in [1.807, 2.05) is 0 Å². The number of sulfonamides is 1. The molecule has 0 aromatic heterocycles. The Labute approximate surface area is 277 Å². The SMILES string of the molecule is CCCCCCCCCCCCCCCCS(=O)(=O)N[C@H]1C[C@H]2C(=O)N(CCN)c3ccc(C(=O)OC(C)(C)C)cc3C(=O)N2C1. The number of carbonyl (C=O) groups excluding carboxylic acids is 3. The molecule has 2 aliphatic rings. The third-order valence-corrected chi connectivity index (χ3v) is 10.2. The number of nitrogens with two attached hydrogens (primary N) is 1. The van der Waals surface area contributed by atoms with Gasteiger partial charge in [-0.2, -0.15) is 0 Å². The number of anilines is 1. The monoisotopic (exact) mass is 662 g/mol. The maximum atomic E-state index is 13.8. The van der Waals surface area contributed by atoms with E-state index in [-0.39, 0.29) is 48.8 Å². The van der Waals surface area contributed by atoms with Crippen LogP contribution in [0.3, 0.4) is 0 Å². The van der Waals surface area contributed by atoms with Crippen molar-refractivity contribution in [3.05, 3.63) is 29.3 Å². The fraction of sp³-hybridized carbons (Fsp3) is 0.743. The average Bonchev–Trinajstić information content (AvgIpc) is 3.38. The molecule has 0 aliphatic carbocycles. The predicted molar refractivity (Wildman–Crippen MR) is 183 cm³/mol. The number of nitrogens with one attached hydrogen (secondary N) is 1. The lowest BCUT2D eigenvalue weighted by molar-refractivity contribution is -0.122. The van der Waals surface area contributed by atoms with Crippen molar-refractivity contribution in [1.82, 2.24) is 9.62 Å². The number of esters is 1. The number of hydrogen-bond acceptors (Lipinski definition) is 7. The van der Waals surface area contributed by atoms with Crippen LogP contribution in [0.15, 0.2) is 18.2 Å². The molecule has 0 spiro atoms. The molecule has 10 nitrogen and oxygen atoms in total. The van der Waals surface area contributed by atoms with Crippen LogP contribution in [0.5, 0.6) is 0 Å². The maximum absolute atomic E-state index is 13.8. The number of hydrogen-bond donors (Lipinski definition) is 2. The lowest BCUT2D eigenvalue weighted by Crippen LogP contribution is -2.46. The van der Waals surface area contributed by atoms with Crippen molar-refractivity contribution < 1.29 is 27.5 Å². The Bertz CT molecular complexity index is 1260. The molecule has 0 radical (unpaired) electrons. The first-order chi connectivity index (χ1) is 21.9. The van der Waals surface area contributed by atoms with Gasteiger partial charge in [-0.15, -0.1) is 0 Å². The zero-order chi connectivity index (χ0) is 33.7. The van der Waals surface area contributed by atoms with E-state index in [1.165, 1.54) is 80.1 Å².